The van der Waals surface area contributed by atoms with Crippen LogP contribution >= 0.6 is 0 Å². The van der Waals surface area contributed by atoms with Crippen molar-refractivity contribution in [2.45, 2.75) is 69.6 Å². The van der Waals surface area contributed by atoms with E-state index in [0.717, 1.165) is 25.8 Å². The van der Waals surface area contributed by atoms with Gasteiger partial charge in [-0.05, 0) is 51.5 Å². The van der Waals surface area contributed by atoms with E-state index in [1.54, 1.807) is 0 Å². The van der Waals surface area contributed by atoms with Gasteiger partial charge in [-0.1, -0.05) is 0 Å². The van der Waals surface area contributed by atoms with Gasteiger partial charge in [0.05, 0.1) is 5.92 Å². The average Bonchev–Trinajstić information content (AvgIpc) is 2.89. The molecule has 0 aromatic rings. The Balaban J connectivity index is 1.63. The molecule has 1 atom stereocenters. The molecular weight excluding hydrogens is 269 g/mol. The Bertz CT molecular complexity index is 319. The lowest BCUT2D eigenvalue weighted by Gasteiger charge is -2.30. The van der Waals surface area contributed by atoms with Crippen LogP contribution in [0.2, 0.25) is 0 Å². The van der Waals surface area contributed by atoms with E-state index in [-0.39, 0.29) is 24.8 Å². The second-order valence-corrected chi connectivity index (χ2v) is 5.99. The number of hydrogen-bond acceptors (Lipinski definition) is 2. The van der Waals surface area contributed by atoms with Crippen molar-refractivity contribution in [1.29, 1.82) is 0 Å². The molecule has 6 heteroatoms. The summed E-state index contributed by atoms with van der Waals surface area (Å²) in [7, 11) is 0. The van der Waals surface area contributed by atoms with Crippen LogP contribution in [0.4, 0.5) is 13.2 Å². The van der Waals surface area contributed by atoms with Crippen molar-refractivity contribution in [1.82, 2.24) is 10.6 Å². The summed E-state index contributed by atoms with van der Waals surface area (Å²) in [5, 5.41) is 6.21. The third-order valence-electron chi connectivity index (χ3n) is 4.44. The van der Waals surface area contributed by atoms with Crippen molar-refractivity contribution in [2.24, 2.45) is 5.92 Å². The van der Waals surface area contributed by atoms with E-state index < -0.39 is 12.1 Å². The first kappa shape index (κ1) is 15.6. The number of halogens is 3. The second kappa shape index (κ2) is 6.78. The summed E-state index contributed by atoms with van der Waals surface area (Å²) in [4.78, 5) is 11.8. The molecule has 116 valence electrons. The molecule has 20 heavy (non-hydrogen) atoms. The molecule has 1 aliphatic carbocycles. The fraction of sp³-hybridized carbons (Fsp3) is 0.929. The lowest BCUT2D eigenvalue weighted by molar-refractivity contribution is -0.182. The van der Waals surface area contributed by atoms with Gasteiger partial charge in [0.2, 0.25) is 5.91 Å². The maximum absolute atomic E-state index is 12.5. The van der Waals surface area contributed by atoms with Crippen molar-refractivity contribution in [3.8, 4) is 0 Å². The first-order chi connectivity index (χ1) is 9.45. The molecule has 0 aromatic carbocycles. The van der Waals surface area contributed by atoms with Gasteiger partial charge in [-0.2, -0.15) is 13.2 Å². The van der Waals surface area contributed by atoms with Gasteiger partial charge in [-0.15, -0.1) is 0 Å². The summed E-state index contributed by atoms with van der Waals surface area (Å²) < 4.78 is 37.6. The van der Waals surface area contributed by atoms with Crippen LogP contribution < -0.4 is 10.6 Å². The molecule has 2 rings (SSSR count). The van der Waals surface area contributed by atoms with E-state index in [4.69, 9.17) is 0 Å². The maximum Gasteiger partial charge on any atom is 0.391 e. The van der Waals surface area contributed by atoms with Gasteiger partial charge >= 0.3 is 6.18 Å². The molecule has 3 nitrogen and oxygen atoms in total. The van der Waals surface area contributed by atoms with E-state index in [2.05, 4.69) is 10.6 Å². The summed E-state index contributed by atoms with van der Waals surface area (Å²) in [5.41, 5.74) is 0. The lowest BCUT2D eigenvalue weighted by Crippen LogP contribution is -2.40. The van der Waals surface area contributed by atoms with Gasteiger partial charge in [0, 0.05) is 18.5 Å². The van der Waals surface area contributed by atoms with Crippen LogP contribution in [-0.4, -0.2) is 30.7 Å². The molecule has 1 aliphatic heterocycles. The molecule has 1 saturated heterocycles. The highest BCUT2D eigenvalue weighted by Gasteiger charge is 2.41. The minimum atomic E-state index is -4.08. The quantitative estimate of drug-likeness (QED) is 0.836. The molecule has 0 aromatic heterocycles. The molecule has 1 saturated carbocycles. The zero-order valence-corrected chi connectivity index (χ0v) is 11.6. The standard InChI is InChI=1S/C14H23F3N2O/c15-14(16,17)10-3-5-12(6-4-10)19-13(20)8-7-11-2-1-9-18-11/h10-12,18H,1-9H2,(H,19,20). The van der Waals surface area contributed by atoms with Crippen molar-refractivity contribution in [3.05, 3.63) is 0 Å². The van der Waals surface area contributed by atoms with Gasteiger partial charge in [0.1, 0.15) is 0 Å². The first-order valence-corrected chi connectivity index (χ1v) is 7.54. The van der Waals surface area contributed by atoms with Crippen LogP contribution in [0, 0.1) is 5.92 Å². The Hall–Kier alpha value is -0.780. The Morgan fingerprint density at radius 1 is 1.15 bits per heavy atom. The van der Waals surface area contributed by atoms with Gasteiger partial charge in [0.25, 0.3) is 0 Å². The molecule has 0 radical (unpaired) electrons. The topological polar surface area (TPSA) is 41.1 Å². The highest BCUT2D eigenvalue weighted by molar-refractivity contribution is 5.76. The summed E-state index contributed by atoms with van der Waals surface area (Å²) in [6, 6.07) is 0.361. The summed E-state index contributed by atoms with van der Waals surface area (Å²) in [6.45, 7) is 1.02. The number of carbonyl (C=O) groups is 1. The van der Waals surface area contributed by atoms with E-state index in [9.17, 15) is 18.0 Å². The average molecular weight is 292 g/mol. The van der Waals surface area contributed by atoms with Crippen molar-refractivity contribution in [2.75, 3.05) is 6.54 Å². The van der Waals surface area contributed by atoms with Crippen LogP contribution in [0.15, 0.2) is 0 Å². The number of amides is 1. The number of rotatable bonds is 4. The molecule has 2 aliphatic rings. The summed E-state index contributed by atoms with van der Waals surface area (Å²) >= 11 is 0. The molecular formula is C14H23F3N2O. The third-order valence-corrected chi connectivity index (χ3v) is 4.44. The molecule has 1 amide bonds. The van der Waals surface area contributed by atoms with Gasteiger partial charge < -0.3 is 10.6 Å². The largest absolute Gasteiger partial charge is 0.391 e. The van der Waals surface area contributed by atoms with E-state index >= 15 is 0 Å². The number of nitrogens with one attached hydrogen (secondary N) is 2. The fourth-order valence-electron chi connectivity index (χ4n) is 3.17. The molecule has 2 fully saturated rings. The van der Waals surface area contributed by atoms with Crippen molar-refractivity contribution in [3.63, 3.8) is 0 Å². The zero-order valence-electron chi connectivity index (χ0n) is 11.6. The minimum Gasteiger partial charge on any atom is -0.353 e. The van der Waals surface area contributed by atoms with Crippen LogP contribution in [-0.2, 0) is 4.79 Å². The van der Waals surface area contributed by atoms with Crippen LogP contribution in [0.25, 0.3) is 0 Å². The molecule has 1 heterocycles. The number of alkyl halides is 3. The highest BCUT2D eigenvalue weighted by atomic mass is 19.4. The number of hydrogen-bond donors (Lipinski definition) is 2. The smallest absolute Gasteiger partial charge is 0.353 e. The zero-order chi connectivity index (χ0) is 14.6. The van der Waals surface area contributed by atoms with Crippen LogP contribution in [0.3, 0.4) is 0 Å². The molecule has 1 unspecified atom stereocenters. The van der Waals surface area contributed by atoms with Crippen molar-refractivity contribution < 1.29 is 18.0 Å². The molecule has 0 spiro atoms. The minimum absolute atomic E-state index is 0.0193. The molecule has 2 N–H and O–H groups in total. The predicted molar refractivity (Wildman–Crippen MR) is 70.2 cm³/mol. The Morgan fingerprint density at radius 3 is 2.40 bits per heavy atom. The maximum atomic E-state index is 12.5. The Labute approximate surface area is 117 Å². The number of carbonyl (C=O) groups excluding carboxylic acids is 1. The SMILES string of the molecule is O=C(CCC1CCCN1)NC1CCC(C(F)(F)F)CC1. The first-order valence-electron chi connectivity index (χ1n) is 7.54. The Morgan fingerprint density at radius 2 is 1.85 bits per heavy atom. The van der Waals surface area contributed by atoms with E-state index in [0.29, 0.717) is 25.3 Å². The normalized spacial score (nSPS) is 31.2. The van der Waals surface area contributed by atoms with Crippen molar-refractivity contribution >= 4 is 5.91 Å². The second-order valence-electron chi connectivity index (χ2n) is 5.99. The third kappa shape index (κ3) is 4.65. The Kier molecular flexibility index (Phi) is 5.29. The van der Waals surface area contributed by atoms with Gasteiger partial charge in [-0.3, -0.25) is 4.79 Å². The highest BCUT2D eigenvalue weighted by Crippen LogP contribution is 2.37. The predicted octanol–water partition coefficient (Wildman–Crippen LogP) is 2.76. The fourth-order valence-corrected chi connectivity index (χ4v) is 3.17. The lowest BCUT2D eigenvalue weighted by atomic mass is 9.85. The van der Waals surface area contributed by atoms with Gasteiger partial charge in [-0.25, -0.2) is 0 Å². The van der Waals surface area contributed by atoms with Crippen LogP contribution in [0.1, 0.15) is 51.4 Å². The monoisotopic (exact) mass is 292 g/mol. The van der Waals surface area contributed by atoms with Crippen LogP contribution in [0.5, 0.6) is 0 Å². The van der Waals surface area contributed by atoms with E-state index in [1.807, 2.05) is 0 Å². The van der Waals surface area contributed by atoms with E-state index in [1.165, 1.54) is 0 Å². The molecule has 0 bridgehead atoms. The summed E-state index contributed by atoms with van der Waals surface area (Å²) in [6.07, 6.45) is 0.647. The summed E-state index contributed by atoms with van der Waals surface area (Å²) in [5.74, 6) is -1.20. The van der Waals surface area contributed by atoms with Gasteiger partial charge in [0.15, 0.2) is 0 Å².